The van der Waals surface area contributed by atoms with Crippen molar-refractivity contribution >= 4 is 5.69 Å². The molecule has 0 amide bonds. The van der Waals surface area contributed by atoms with E-state index in [0.717, 1.165) is 31.7 Å². The Hall–Kier alpha value is -1.81. The molecule has 0 aliphatic heterocycles. The van der Waals surface area contributed by atoms with Crippen LogP contribution >= 0.6 is 0 Å². The van der Waals surface area contributed by atoms with Crippen LogP contribution in [0.4, 0.5) is 5.69 Å². The van der Waals surface area contributed by atoms with Gasteiger partial charge in [0.25, 0.3) is 0 Å². The molecule has 0 fully saturated rings. The standard InChI is InChI=1S/C16H24N4/c1-14(2)20(10-5-9-19-11-8-18-13-19)12-15-6-3-4-7-16(15)17/h3-4,6-8,11,13-14H,5,9-10,12,17H2,1-2H3. The summed E-state index contributed by atoms with van der Waals surface area (Å²) >= 11 is 0. The van der Waals surface area contributed by atoms with Gasteiger partial charge < -0.3 is 10.3 Å². The Kier molecular flexibility index (Phi) is 5.18. The van der Waals surface area contributed by atoms with Crippen LogP contribution in [0.15, 0.2) is 43.0 Å². The van der Waals surface area contributed by atoms with Crippen molar-refractivity contribution in [2.75, 3.05) is 12.3 Å². The Labute approximate surface area is 121 Å². The van der Waals surface area contributed by atoms with Gasteiger partial charge in [-0.05, 0) is 31.9 Å². The third-order valence-electron chi connectivity index (χ3n) is 3.58. The Morgan fingerprint density at radius 2 is 2.10 bits per heavy atom. The second-order valence-corrected chi connectivity index (χ2v) is 5.42. The molecule has 0 atom stereocenters. The molecule has 1 aromatic heterocycles. The highest BCUT2D eigenvalue weighted by Gasteiger charge is 2.11. The second kappa shape index (κ2) is 7.10. The second-order valence-electron chi connectivity index (χ2n) is 5.42. The summed E-state index contributed by atoms with van der Waals surface area (Å²) in [5.74, 6) is 0. The molecule has 4 heteroatoms. The lowest BCUT2D eigenvalue weighted by molar-refractivity contribution is 0.207. The normalized spacial score (nSPS) is 11.4. The maximum Gasteiger partial charge on any atom is 0.0945 e. The Bertz CT molecular complexity index is 505. The smallest absolute Gasteiger partial charge is 0.0945 e. The molecule has 0 radical (unpaired) electrons. The SMILES string of the molecule is CC(C)N(CCCn1ccnc1)Cc1ccccc1N. The van der Waals surface area contributed by atoms with Gasteiger partial charge in [-0.15, -0.1) is 0 Å². The van der Waals surface area contributed by atoms with Gasteiger partial charge in [-0.3, -0.25) is 4.90 Å². The van der Waals surface area contributed by atoms with E-state index < -0.39 is 0 Å². The van der Waals surface area contributed by atoms with Crippen LogP contribution in [0.1, 0.15) is 25.8 Å². The first-order valence-corrected chi connectivity index (χ1v) is 7.20. The molecule has 1 heterocycles. The fourth-order valence-electron chi connectivity index (χ4n) is 2.29. The maximum absolute atomic E-state index is 6.04. The van der Waals surface area contributed by atoms with E-state index in [9.17, 15) is 0 Å². The average Bonchev–Trinajstić information content (AvgIpc) is 2.93. The first-order valence-electron chi connectivity index (χ1n) is 7.20. The Morgan fingerprint density at radius 1 is 1.30 bits per heavy atom. The van der Waals surface area contributed by atoms with Gasteiger partial charge in [-0.25, -0.2) is 4.98 Å². The fraction of sp³-hybridized carbons (Fsp3) is 0.438. The highest BCUT2D eigenvalue weighted by atomic mass is 15.1. The predicted octanol–water partition coefficient (Wildman–Crippen LogP) is 2.77. The molecule has 0 aliphatic carbocycles. The number of hydrogen-bond acceptors (Lipinski definition) is 3. The van der Waals surface area contributed by atoms with Crippen LogP contribution in [0.3, 0.4) is 0 Å². The molecular weight excluding hydrogens is 248 g/mol. The van der Waals surface area contributed by atoms with Gasteiger partial charge in [0.2, 0.25) is 0 Å². The zero-order valence-electron chi connectivity index (χ0n) is 12.4. The maximum atomic E-state index is 6.04. The zero-order valence-corrected chi connectivity index (χ0v) is 12.4. The van der Waals surface area contributed by atoms with Crippen LogP contribution in [-0.2, 0) is 13.1 Å². The van der Waals surface area contributed by atoms with Crippen molar-refractivity contribution in [3.8, 4) is 0 Å². The van der Waals surface area contributed by atoms with Gasteiger partial charge in [0, 0.05) is 43.8 Å². The Morgan fingerprint density at radius 3 is 2.75 bits per heavy atom. The van der Waals surface area contributed by atoms with E-state index in [2.05, 4.69) is 40.4 Å². The van der Waals surface area contributed by atoms with Gasteiger partial charge >= 0.3 is 0 Å². The van der Waals surface area contributed by atoms with Crippen LogP contribution in [0.25, 0.3) is 0 Å². The minimum absolute atomic E-state index is 0.511. The van der Waals surface area contributed by atoms with E-state index in [1.807, 2.05) is 30.9 Å². The molecule has 2 N–H and O–H groups in total. The van der Waals surface area contributed by atoms with E-state index in [1.54, 1.807) is 0 Å². The minimum Gasteiger partial charge on any atom is -0.398 e. The quantitative estimate of drug-likeness (QED) is 0.788. The van der Waals surface area contributed by atoms with Gasteiger partial charge in [-0.1, -0.05) is 18.2 Å². The number of nitrogens with two attached hydrogens (primary N) is 1. The number of aryl methyl sites for hydroxylation is 1. The number of imidazole rings is 1. The number of hydrogen-bond donors (Lipinski definition) is 1. The van der Waals surface area contributed by atoms with E-state index >= 15 is 0 Å². The topological polar surface area (TPSA) is 47.1 Å². The lowest BCUT2D eigenvalue weighted by atomic mass is 10.1. The van der Waals surface area contributed by atoms with Crippen LogP contribution in [-0.4, -0.2) is 27.0 Å². The molecule has 2 aromatic rings. The minimum atomic E-state index is 0.511. The molecule has 0 aliphatic rings. The molecule has 2 rings (SSSR count). The van der Waals surface area contributed by atoms with Gasteiger partial charge in [0.15, 0.2) is 0 Å². The number of nitrogen functional groups attached to an aromatic ring is 1. The molecule has 0 spiro atoms. The molecule has 4 nitrogen and oxygen atoms in total. The van der Waals surface area contributed by atoms with Crippen LogP contribution in [0.5, 0.6) is 0 Å². The number of benzene rings is 1. The summed E-state index contributed by atoms with van der Waals surface area (Å²) in [4.78, 5) is 6.53. The summed E-state index contributed by atoms with van der Waals surface area (Å²) in [5.41, 5.74) is 8.13. The van der Waals surface area contributed by atoms with Crippen molar-refractivity contribution in [1.82, 2.24) is 14.5 Å². The Balaban J connectivity index is 1.89. The van der Waals surface area contributed by atoms with Crippen molar-refractivity contribution in [1.29, 1.82) is 0 Å². The van der Waals surface area contributed by atoms with Gasteiger partial charge in [0.05, 0.1) is 6.33 Å². The van der Waals surface area contributed by atoms with E-state index in [-0.39, 0.29) is 0 Å². The van der Waals surface area contributed by atoms with Crippen LogP contribution in [0, 0.1) is 0 Å². The molecule has 0 unspecified atom stereocenters. The summed E-state index contributed by atoms with van der Waals surface area (Å²) in [5, 5.41) is 0. The summed E-state index contributed by atoms with van der Waals surface area (Å²) in [6.45, 7) is 7.44. The molecular formula is C16H24N4. The van der Waals surface area contributed by atoms with Crippen molar-refractivity contribution in [2.45, 2.75) is 39.4 Å². The molecule has 0 saturated carbocycles. The monoisotopic (exact) mass is 272 g/mol. The number of para-hydroxylation sites is 1. The molecule has 20 heavy (non-hydrogen) atoms. The largest absolute Gasteiger partial charge is 0.398 e. The number of aromatic nitrogens is 2. The number of rotatable bonds is 7. The van der Waals surface area contributed by atoms with Gasteiger partial charge in [0.1, 0.15) is 0 Å². The lowest BCUT2D eigenvalue weighted by Crippen LogP contribution is -2.32. The first-order chi connectivity index (χ1) is 9.66. The summed E-state index contributed by atoms with van der Waals surface area (Å²) < 4.78 is 2.12. The average molecular weight is 272 g/mol. The molecule has 0 bridgehead atoms. The van der Waals surface area contributed by atoms with Crippen molar-refractivity contribution in [3.05, 3.63) is 48.5 Å². The molecule has 1 aromatic carbocycles. The van der Waals surface area contributed by atoms with Crippen molar-refractivity contribution < 1.29 is 0 Å². The predicted molar refractivity (Wildman–Crippen MR) is 83.2 cm³/mol. The first kappa shape index (κ1) is 14.6. The highest BCUT2D eigenvalue weighted by molar-refractivity contribution is 5.46. The number of nitrogens with zero attached hydrogens (tertiary/aromatic N) is 3. The summed E-state index contributed by atoms with van der Waals surface area (Å²) in [6, 6.07) is 8.63. The van der Waals surface area contributed by atoms with E-state index in [1.165, 1.54) is 5.56 Å². The fourth-order valence-corrected chi connectivity index (χ4v) is 2.29. The molecule has 108 valence electrons. The highest BCUT2D eigenvalue weighted by Crippen LogP contribution is 2.15. The van der Waals surface area contributed by atoms with Crippen molar-refractivity contribution in [2.24, 2.45) is 0 Å². The summed E-state index contributed by atoms with van der Waals surface area (Å²) in [7, 11) is 0. The number of anilines is 1. The van der Waals surface area contributed by atoms with E-state index in [4.69, 9.17) is 5.73 Å². The molecule has 0 saturated heterocycles. The lowest BCUT2D eigenvalue weighted by Gasteiger charge is -2.27. The zero-order chi connectivity index (χ0) is 14.4. The third-order valence-corrected chi connectivity index (χ3v) is 3.58. The van der Waals surface area contributed by atoms with Crippen LogP contribution in [0.2, 0.25) is 0 Å². The van der Waals surface area contributed by atoms with Crippen molar-refractivity contribution in [3.63, 3.8) is 0 Å². The summed E-state index contributed by atoms with van der Waals surface area (Å²) in [6.07, 6.45) is 6.82. The van der Waals surface area contributed by atoms with E-state index in [0.29, 0.717) is 6.04 Å². The third kappa shape index (κ3) is 4.10. The van der Waals surface area contributed by atoms with Crippen LogP contribution < -0.4 is 5.73 Å². The van der Waals surface area contributed by atoms with Gasteiger partial charge in [-0.2, -0.15) is 0 Å².